The Kier molecular flexibility index (Phi) is 36.8. The van der Waals surface area contributed by atoms with Gasteiger partial charge in [-0.1, -0.05) is 53.4 Å². The molecule has 0 heterocycles. The predicted octanol–water partition coefficient (Wildman–Crippen LogP) is -4.09. The maximum absolute atomic E-state index is 10.3. The van der Waals surface area contributed by atoms with Crippen LogP contribution in [0.3, 0.4) is 0 Å². The molecule has 0 saturated carbocycles. The average Bonchev–Trinajstić information content (AvgIpc) is 2.40. The van der Waals surface area contributed by atoms with Gasteiger partial charge in [0, 0.05) is 11.9 Å². The minimum absolute atomic E-state index is 0. The molecule has 0 amide bonds. The van der Waals surface area contributed by atoms with E-state index in [2.05, 4.69) is 13.8 Å². The molecular weight excluding hydrogens is 375 g/mol. The van der Waals surface area contributed by atoms with E-state index in [0.29, 0.717) is 12.8 Å². The van der Waals surface area contributed by atoms with Crippen molar-refractivity contribution in [3.05, 3.63) is 0 Å². The molecule has 0 aromatic carbocycles. The molecular formula is C16H30Cl2O4Ti. The van der Waals surface area contributed by atoms with E-state index in [1.807, 2.05) is 13.8 Å². The minimum atomic E-state index is -0.893. The van der Waals surface area contributed by atoms with Gasteiger partial charge in [0.2, 0.25) is 0 Å². The maximum atomic E-state index is 10.3. The van der Waals surface area contributed by atoms with E-state index < -0.39 is 11.9 Å². The Morgan fingerprint density at radius 1 is 0.739 bits per heavy atom. The van der Waals surface area contributed by atoms with Crippen LogP contribution >= 0.6 is 0 Å². The van der Waals surface area contributed by atoms with Crippen LogP contribution in [0.15, 0.2) is 0 Å². The smallest absolute Gasteiger partial charge is 1.00 e. The molecule has 0 aliphatic rings. The quantitative estimate of drug-likeness (QED) is 0.347. The molecule has 2 unspecified atom stereocenters. The fourth-order valence-corrected chi connectivity index (χ4v) is 1.88. The molecule has 23 heavy (non-hydrogen) atoms. The van der Waals surface area contributed by atoms with Crippen LogP contribution in [0, 0.1) is 11.8 Å². The second-order valence-electron chi connectivity index (χ2n) is 5.13. The third kappa shape index (κ3) is 22.2. The fourth-order valence-electron chi connectivity index (χ4n) is 1.88. The zero-order valence-electron chi connectivity index (χ0n) is 14.7. The summed E-state index contributed by atoms with van der Waals surface area (Å²) in [6, 6.07) is 0. The Balaban J connectivity index is -0.0000000831. The van der Waals surface area contributed by atoms with Gasteiger partial charge >= 0.3 is 21.7 Å². The van der Waals surface area contributed by atoms with Crippen molar-refractivity contribution >= 4 is 11.9 Å². The van der Waals surface area contributed by atoms with Crippen molar-refractivity contribution in [3.8, 4) is 0 Å². The molecule has 7 heteroatoms. The first-order chi connectivity index (χ1) is 9.44. The SMILES string of the molecule is CCCCC(CC)C(=O)[O-].CCCCC(CC)C(=O)[O-].[Cl-].[Cl-].[Ti+4]. The number of hydrogen-bond donors (Lipinski definition) is 0. The van der Waals surface area contributed by atoms with Gasteiger partial charge in [-0.15, -0.1) is 0 Å². The first-order valence-corrected chi connectivity index (χ1v) is 7.86. The standard InChI is InChI=1S/2C8H16O2.2ClH.Ti/c2*1-3-5-6-7(4-2)8(9)10;;;/h2*7H,3-6H2,1-2H3,(H,9,10);2*1H;/q;;;;+4/p-4. The van der Waals surface area contributed by atoms with Crippen molar-refractivity contribution in [2.45, 2.75) is 79.1 Å². The molecule has 0 fully saturated rings. The zero-order chi connectivity index (χ0) is 16.0. The number of halogens is 2. The van der Waals surface area contributed by atoms with E-state index in [1.165, 1.54) is 0 Å². The summed E-state index contributed by atoms with van der Waals surface area (Å²) in [4.78, 5) is 20.7. The number of carboxylic acids is 2. The van der Waals surface area contributed by atoms with Crippen LogP contribution in [0.1, 0.15) is 79.1 Å². The van der Waals surface area contributed by atoms with Gasteiger partial charge in [0.15, 0.2) is 0 Å². The van der Waals surface area contributed by atoms with Gasteiger partial charge in [0.05, 0.1) is 0 Å². The average molecular weight is 405 g/mol. The third-order valence-electron chi connectivity index (χ3n) is 3.46. The first kappa shape index (κ1) is 34.5. The van der Waals surface area contributed by atoms with Crippen molar-refractivity contribution in [2.75, 3.05) is 0 Å². The van der Waals surface area contributed by atoms with E-state index in [-0.39, 0.29) is 58.4 Å². The van der Waals surface area contributed by atoms with Crippen LogP contribution < -0.4 is 35.0 Å². The minimum Gasteiger partial charge on any atom is -1.00 e. The van der Waals surface area contributed by atoms with Crippen LogP contribution in [0.4, 0.5) is 0 Å². The molecule has 0 rings (SSSR count). The van der Waals surface area contributed by atoms with Gasteiger partial charge in [0.1, 0.15) is 0 Å². The Hall–Kier alpha value is 0.234. The van der Waals surface area contributed by atoms with Gasteiger partial charge in [0.25, 0.3) is 0 Å². The third-order valence-corrected chi connectivity index (χ3v) is 3.46. The zero-order valence-corrected chi connectivity index (χ0v) is 17.8. The molecule has 0 radical (unpaired) electrons. The van der Waals surface area contributed by atoms with Gasteiger partial charge in [-0.2, -0.15) is 0 Å². The maximum Gasteiger partial charge on any atom is 4.00 e. The van der Waals surface area contributed by atoms with Crippen molar-refractivity contribution in [1.82, 2.24) is 0 Å². The Bertz CT molecular complexity index is 240. The fraction of sp³-hybridized carbons (Fsp3) is 0.875. The Morgan fingerprint density at radius 3 is 1.13 bits per heavy atom. The summed E-state index contributed by atoms with van der Waals surface area (Å²) in [5.74, 6) is -2.23. The summed E-state index contributed by atoms with van der Waals surface area (Å²) >= 11 is 0. The second kappa shape index (κ2) is 24.5. The van der Waals surface area contributed by atoms with Gasteiger partial charge < -0.3 is 44.6 Å². The van der Waals surface area contributed by atoms with E-state index in [4.69, 9.17) is 0 Å². The summed E-state index contributed by atoms with van der Waals surface area (Å²) in [6.45, 7) is 7.89. The molecule has 0 saturated heterocycles. The van der Waals surface area contributed by atoms with Gasteiger partial charge in [-0.25, -0.2) is 0 Å². The number of carbonyl (C=O) groups is 2. The van der Waals surface area contributed by atoms with Crippen LogP contribution in [-0.2, 0) is 31.3 Å². The number of hydrogen-bond acceptors (Lipinski definition) is 4. The number of carboxylic acid groups (broad SMARTS) is 2. The number of rotatable bonds is 10. The van der Waals surface area contributed by atoms with Crippen molar-refractivity contribution in [3.63, 3.8) is 0 Å². The Labute approximate surface area is 168 Å². The summed E-state index contributed by atoms with van der Waals surface area (Å²) in [5, 5.41) is 20.7. The molecule has 0 N–H and O–H groups in total. The topological polar surface area (TPSA) is 80.3 Å². The van der Waals surface area contributed by atoms with Crippen molar-refractivity contribution in [1.29, 1.82) is 0 Å². The summed E-state index contributed by atoms with van der Waals surface area (Å²) < 4.78 is 0. The van der Waals surface area contributed by atoms with E-state index in [9.17, 15) is 19.8 Å². The van der Waals surface area contributed by atoms with Crippen LogP contribution in [0.2, 0.25) is 0 Å². The second-order valence-corrected chi connectivity index (χ2v) is 5.13. The molecule has 136 valence electrons. The molecule has 4 nitrogen and oxygen atoms in total. The monoisotopic (exact) mass is 404 g/mol. The molecule has 0 aliphatic carbocycles. The number of aliphatic carboxylic acids is 2. The largest absolute Gasteiger partial charge is 4.00 e. The van der Waals surface area contributed by atoms with E-state index in [0.717, 1.165) is 38.5 Å². The van der Waals surface area contributed by atoms with Crippen LogP contribution in [-0.4, -0.2) is 11.9 Å². The summed E-state index contributed by atoms with van der Waals surface area (Å²) in [7, 11) is 0. The Morgan fingerprint density at radius 2 is 1.00 bits per heavy atom. The molecule has 0 spiro atoms. The van der Waals surface area contributed by atoms with E-state index >= 15 is 0 Å². The van der Waals surface area contributed by atoms with Crippen LogP contribution in [0.25, 0.3) is 0 Å². The molecule has 2 atom stereocenters. The van der Waals surface area contributed by atoms with Crippen molar-refractivity contribution < 1.29 is 66.3 Å². The number of unbranched alkanes of at least 4 members (excludes halogenated alkanes) is 2. The summed E-state index contributed by atoms with van der Waals surface area (Å²) in [6.07, 6.45) is 7.04. The van der Waals surface area contributed by atoms with E-state index in [1.54, 1.807) is 0 Å². The number of carbonyl (C=O) groups excluding carboxylic acids is 2. The van der Waals surface area contributed by atoms with Gasteiger partial charge in [-0.3, -0.25) is 0 Å². The molecule has 0 bridgehead atoms. The van der Waals surface area contributed by atoms with Crippen molar-refractivity contribution in [2.24, 2.45) is 11.8 Å². The summed E-state index contributed by atoms with van der Waals surface area (Å²) in [5.41, 5.74) is 0. The van der Waals surface area contributed by atoms with Gasteiger partial charge in [-0.05, 0) is 37.5 Å². The predicted molar refractivity (Wildman–Crippen MR) is 76.6 cm³/mol. The van der Waals surface area contributed by atoms with Crippen LogP contribution in [0.5, 0.6) is 0 Å². The first-order valence-electron chi connectivity index (χ1n) is 7.86. The normalized spacial score (nSPS) is 11.3. The molecule has 0 aromatic heterocycles. The molecule has 0 aliphatic heterocycles. The molecule has 0 aromatic rings.